The molecule has 0 radical (unpaired) electrons. The van der Waals surface area contributed by atoms with Gasteiger partial charge in [-0.25, -0.2) is 15.0 Å². The zero-order valence-electron chi connectivity index (χ0n) is 25.3. The molecule has 1 aromatic heterocycles. The van der Waals surface area contributed by atoms with Gasteiger partial charge in [0.1, 0.15) is 0 Å². The number of aromatic nitrogens is 3. The summed E-state index contributed by atoms with van der Waals surface area (Å²) >= 11 is 0. The Labute approximate surface area is 269 Å². The second-order valence-electron chi connectivity index (χ2n) is 12.4. The van der Waals surface area contributed by atoms with Crippen molar-refractivity contribution >= 4 is 0 Å². The van der Waals surface area contributed by atoms with E-state index in [1.807, 2.05) is 36.4 Å². The van der Waals surface area contributed by atoms with Gasteiger partial charge in [-0.2, -0.15) is 0 Å². The van der Waals surface area contributed by atoms with E-state index in [4.69, 9.17) is 15.0 Å². The number of nitrogens with zero attached hydrogens (tertiary/aromatic N) is 3. The average Bonchev–Trinajstić information content (AvgIpc) is 3.40. The maximum Gasteiger partial charge on any atom is 0.164 e. The Balaban J connectivity index is 1.26. The Kier molecular flexibility index (Phi) is 6.24. The number of benzene rings is 6. The summed E-state index contributed by atoms with van der Waals surface area (Å²) in [4.78, 5) is 15.3. The number of hydrogen-bond donors (Lipinski definition) is 0. The van der Waals surface area contributed by atoms with Gasteiger partial charge in [-0.1, -0.05) is 158 Å². The second-order valence-corrected chi connectivity index (χ2v) is 12.4. The van der Waals surface area contributed by atoms with E-state index in [1.54, 1.807) is 0 Å². The molecule has 6 aromatic carbocycles. The summed E-state index contributed by atoms with van der Waals surface area (Å²) in [6.07, 6.45) is 1.95. The van der Waals surface area contributed by atoms with Crippen LogP contribution in [0.5, 0.6) is 0 Å². The first kappa shape index (κ1) is 26.7. The Hall–Kier alpha value is -5.67. The van der Waals surface area contributed by atoms with Crippen LogP contribution < -0.4 is 0 Å². The Morgan fingerprint density at radius 3 is 1.48 bits per heavy atom. The van der Waals surface area contributed by atoms with Crippen molar-refractivity contribution in [1.82, 2.24) is 15.0 Å². The van der Waals surface area contributed by atoms with Crippen molar-refractivity contribution in [3.63, 3.8) is 0 Å². The monoisotopic (exact) mass is 589 g/mol. The van der Waals surface area contributed by atoms with E-state index in [1.165, 1.54) is 38.9 Å². The predicted molar refractivity (Wildman–Crippen MR) is 185 cm³/mol. The fourth-order valence-electron chi connectivity index (χ4n) is 7.93. The summed E-state index contributed by atoms with van der Waals surface area (Å²) in [6, 6.07) is 56.3. The maximum absolute atomic E-state index is 5.15. The van der Waals surface area contributed by atoms with Gasteiger partial charge in [0, 0.05) is 28.0 Å². The fraction of sp³-hybridized carbons (Fsp3) is 0.0930. The van der Waals surface area contributed by atoms with E-state index in [0.717, 1.165) is 29.5 Å². The minimum absolute atomic E-state index is 0.122. The summed E-state index contributed by atoms with van der Waals surface area (Å²) in [5.41, 5.74) is 12.5. The SMILES string of the molecule is c1ccc(-c2nc(-c3ccccc3)nc(-c3ccccc3C3CC4(Cc5ccccc53)c3ccccc3-c3ccccc34)n2)cc1. The van der Waals surface area contributed by atoms with Gasteiger partial charge in [0.05, 0.1) is 0 Å². The summed E-state index contributed by atoms with van der Waals surface area (Å²) in [6.45, 7) is 0. The highest BCUT2D eigenvalue weighted by molar-refractivity contribution is 5.82. The van der Waals surface area contributed by atoms with Gasteiger partial charge in [-0.15, -0.1) is 0 Å². The van der Waals surface area contributed by atoms with Crippen molar-refractivity contribution in [3.8, 4) is 45.3 Å². The van der Waals surface area contributed by atoms with E-state index >= 15 is 0 Å². The predicted octanol–water partition coefficient (Wildman–Crippen LogP) is 9.92. The lowest BCUT2D eigenvalue weighted by Gasteiger charge is -2.42. The van der Waals surface area contributed by atoms with Crippen LogP contribution in [-0.2, 0) is 11.8 Å². The van der Waals surface area contributed by atoms with Crippen molar-refractivity contribution in [2.45, 2.75) is 24.2 Å². The molecular formula is C43H31N3. The van der Waals surface area contributed by atoms with E-state index < -0.39 is 0 Å². The van der Waals surface area contributed by atoms with Crippen LogP contribution in [0.15, 0.2) is 158 Å². The third-order valence-corrected chi connectivity index (χ3v) is 9.93. The second kappa shape index (κ2) is 10.7. The molecule has 0 aliphatic heterocycles. The summed E-state index contributed by atoms with van der Waals surface area (Å²) in [7, 11) is 0. The summed E-state index contributed by atoms with van der Waals surface area (Å²) in [5, 5.41) is 0. The first-order chi connectivity index (χ1) is 22.8. The van der Waals surface area contributed by atoms with Crippen LogP contribution in [0.2, 0.25) is 0 Å². The number of hydrogen-bond acceptors (Lipinski definition) is 3. The van der Waals surface area contributed by atoms with E-state index in [0.29, 0.717) is 17.5 Å². The van der Waals surface area contributed by atoms with Crippen LogP contribution in [0.3, 0.4) is 0 Å². The van der Waals surface area contributed by atoms with Crippen molar-refractivity contribution in [3.05, 3.63) is 186 Å². The van der Waals surface area contributed by atoms with Crippen LogP contribution in [0.1, 0.15) is 40.2 Å². The normalized spacial score (nSPS) is 15.6. The molecule has 0 bridgehead atoms. The molecule has 1 atom stereocenters. The highest BCUT2D eigenvalue weighted by atomic mass is 15.0. The number of fused-ring (bicyclic) bond motifs is 6. The first-order valence-corrected chi connectivity index (χ1v) is 16.0. The molecule has 7 aromatic rings. The van der Waals surface area contributed by atoms with Crippen LogP contribution in [0.25, 0.3) is 45.3 Å². The van der Waals surface area contributed by atoms with Gasteiger partial charge in [0.15, 0.2) is 17.5 Å². The molecule has 1 unspecified atom stereocenters. The zero-order chi connectivity index (χ0) is 30.5. The standard InChI is InChI=1S/C43H31N3/c1-3-15-29(16-4-1)40-44-41(30-17-5-2-6-18-30)46-42(45-40)36-24-10-9-21-33(36)37-28-43(27-31-19-7-8-20-32(31)37)38-25-13-11-22-34(38)35-23-12-14-26-39(35)43/h1-26,37H,27-28H2. The number of rotatable bonds is 4. The largest absolute Gasteiger partial charge is 0.208 e. The molecule has 2 aliphatic carbocycles. The Morgan fingerprint density at radius 1 is 0.413 bits per heavy atom. The molecule has 3 nitrogen and oxygen atoms in total. The van der Waals surface area contributed by atoms with Crippen LogP contribution in [0, 0.1) is 0 Å². The third-order valence-electron chi connectivity index (χ3n) is 9.93. The van der Waals surface area contributed by atoms with Crippen LogP contribution in [0.4, 0.5) is 0 Å². The topological polar surface area (TPSA) is 38.7 Å². The van der Waals surface area contributed by atoms with Gasteiger partial charge < -0.3 is 0 Å². The van der Waals surface area contributed by atoms with E-state index in [-0.39, 0.29) is 11.3 Å². The molecule has 0 saturated carbocycles. The fourth-order valence-corrected chi connectivity index (χ4v) is 7.93. The molecular weight excluding hydrogens is 558 g/mol. The molecule has 9 rings (SSSR count). The highest BCUT2D eigenvalue weighted by Gasteiger charge is 2.48. The van der Waals surface area contributed by atoms with E-state index in [2.05, 4.69) is 121 Å². The van der Waals surface area contributed by atoms with Crippen LogP contribution >= 0.6 is 0 Å². The van der Waals surface area contributed by atoms with Gasteiger partial charge in [0.25, 0.3) is 0 Å². The van der Waals surface area contributed by atoms with Crippen molar-refractivity contribution in [2.75, 3.05) is 0 Å². The van der Waals surface area contributed by atoms with E-state index in [9.17, 15) is 0 Å². The smallest absolute Gasteiger partial charge is 0.164 e. The molecule has 0 saturated heterocycles. The maximum atomic E-state index is 5.15. The molecule has 3 heteroatoms. The highest BCUT2D eigenvalue weighted by Crippen LogP contribution is 2.58. The Bertz CT molecular complexity index is 2120. The minimum atomic E-state index is -0.122. The third kappa shape index (κ3) is 4.23. The minimum Gasteiger partial charge on any atom is -0.208 e. The van der Waals surface area contributed by atoms with Crippen molar-refractivity contribution < 1.29 is 0 Å². The van der Waals surface area contributed by atoms with Crippen molar-refractivity contribution in [1.29, 1.82) is 0 Å². The van der Waals surface area contributed by atoms with Crippen LogP contribution in [-0.4, -0.2) is 15.0 Å². The summed E-state index contributed by atoms with van der Waals surface area (Å²) in [5.74, 6) is 2.21. The zero-order valence-corrected chi connectivity index (χ0v) is 25.3. The van der Waals surface area contributed by atoms with Gasteiger partial charge >= 0.3 is 0 Å². The molecule has 1 heterocycles. The quantitative estimate of drug-likeness (QED) is 0.205. The first-order valence-electron chi connectivity index (χ1n) is 16.0. The Morgan fingerprint density at radius 2 is 0.870 bits per heavy atom. The molecule has 218 valence electrons. The average molecular weight is 590 g/mol. The van der Waals surface area contributed by atoms with Gasteiger partial charge in [-0.05, 0) is 51.8 Å². The lowest BCUT2D eigenvalue weighted by molar-refractivity contribution is 0.424. The molecule has 0 fully saturated rings. The molecule has 0 N–H and O–H groups in total. The molecule has 2 aliphatic rings. The summed E-state index contributed by atoms with van der Waals surface area (Å²) < 4.78 is 0. The lowest BCUT2D eigenvalue weighted by atomic mass is 9.61. The lowest BCUT2D eigenvalue weighted by Crippen LogP contribution is -2.35. The molecule has 46 heavy (non-hydrogen) atoms. The van der Waals surface area contributed by atoms with Crippen molar-refractivity contribution in [2.24, 2.45) is 0 Å². The molecule has 1 spiro atoms. The molecule has 0 amide bonds. The van der Waals surface area contributed by atoms with Gasteiger partial charge in [0.2, 0.25) is 0 Å². The van der Waals surface area contributed by atoms with Gasteiger partial charge in [-0.3, -0.25) is 0 Å².